The molecule has 0 aromatic carbocycles. The van der Waals surface area contributed by atoms with Gasteiger partial charge in [0.2, 0.25) is 23.6 Å². The zero-order valence-corrected chi connectivity index (χ0v) is 20.1. The van der Waals surface area contributed by atoms with Crippen molar-refractivity contribution < 1.29 is 34.2 Å². The zero-order valence-electron chi connectivity index (χ0n) is 20.1. The number of nitrogens with one attached hydrogen (secondary N) is 3. The Morgan fingerprint density at radius 2 is 1.44 bits per heavy atom. The third-order valence-corrected chi connectivity index (χ3v) is 5.46. The van der Waals surface area contributed by atoms with Crippen molar-refractivity contribution in [3.05, 3.63) is 0 Å². The van der Waals surface area contributed by atoms with Crippen LogP contribution in [0.1, 0.15) is 59.3 Å². The predicted molar refractivity (Wildman–Crippen MR) is 124 cm³/mol. The number of carbonyl (C=O) groups is 5. The molecule has 13 heteroatoms. The number of aliphatic hydroxyl groups is 1. The first-order chi connectivity index (χ1) is 15.8. The Bertz CT molecular complexity index is 703. The van der Waals surface area contributed by atoms with Gasteiger partial charge in [-0.25, -0.2) is 4.79 Å². The van der Waals surface area contributed by atoms with E-state index in [1.165, 1.54) is 6.92 Å². The molecule has 0 heterocycles. The summed E-state index contributed by atoms with van der Waals surface area (Å²) in [7, 11) is 0. The number of aliphatic carboxylic acids is 1. The second kappa shape index (κ2) is 16.0. The van der Waals surface area contributed by atoms with Crippen molar-refractivity contribution >= 4 is 29.6 Å². The maximum absolute atomic E-state index is 13.0. The van der Waals surface area contributed by atoms with Crippen LogP contribution in [-0.4, -0.2) is 76.6 Å². The highest BCUT2D eigenvalue weighted by atomic mass is 16.4. The first-order valence-corrected chi connectivity index (χ1v) is 11.4. The summed E-state index contributed by atoms with van der Waals surface area (Å²) < 4.78 is 0. The van der Waals surface area contributed by atoms with Gasteiger partial charge in [-0.1, -0.05) is 20.3 Å². The van der Waals surface area contributed by atoms with Crippen molar-refractivity contribution in [3.63, 3.8) is 0 Å². The van der Waals surface area contributed by atoms with E-state index in [0.29, 0.717) is 25.8 Å². The number of nitrogens with two attached hydrogens (primary N) is 3. The highest BCUT2D eigenvalue weighted by Gasteiger charge is 2.34. The normalized spacial score (nSPS) is 16.3. The highest BCUT2D eigenvalue weighted by Crippen LogP contribution is 2.10. The minimum Gasteiger partial charge on any atom is -0.480 e. The van der Waals surface area contributed by atoms with Gasteiger partial charge in [-0.05, 0) is 45.1 Å². The summed E-state index contributed by atoms with van der Waals surface area (Å²) in [6.45, 7) is 5.14. The quantitative estimate of drug-likeness (QED) is 0.102. The van der Waals surface area contributed by atoms with E-state index in [9.17, 15) is 34.2 Å². The van der Waals surface area contributed by atoms with Crippen molar-refractivity contribution in [3.8, 4) is 0 Å². The van der Waals surface area contributed by atoms with Crippen LogP contribution in [0.2, 0.25) is 0 Å². The van der Waals surface area contributed by atoms with E-state index in [4.69, 9.17) is 17.2 Å². The van der Waals surface area contributed by atoms with Crippen molar-refractivity contribution in [1.29, 1.82) is 0 Å². The largest absolute Gasteiger partial charge is 0.480 e. The van der Waals surface area contributed by atoms with Crippen LogP contribution in [0.4, 0.5) is 0 Å². The third kappa shape index (κ3) is 11.4. The number of rotatable bonds is 17. The zero-order chi connectivity index (χ0) is 26.4. The van der Waals surface area contributed by atoms with Gasteiger partial charge in [0.15, 0.2) is 0 Å². The lowest BCUT2D eigenvalue weighted by atomic mass is 9.96. The average molecular weight is 489 g/mol. The van der Waals surface area contributed by atoms with E-state index < -0.39 is 59.9 Å². The van der Waals surface area contributed by atoms with Crippen molar-refractivity contribution in [2.24, 2.45) is 23.1 Å². The molecular formula is C21H40N6O7. The fourth-order valence-corrected chi connectivity index (χ4v) is 3.05. The lowest BCUT2D eigenvalue weighted by molar-refractivity contribution is -0.143. The molecule has 0 fully saturated rings. The Morgan fingerprint density at radius 3 is 1.91 bits per heavy atom. The number of hydrogen-bond donors (Lipinski definition) is 8. The van der Waals surface area contributed by atoms with Crippen molar-refractivity contribution in [1.82, 2.24) is 16.0 Å². The number of aliphatic hydroxyl groups excluding tert-OH is 1. The predicted octanol–water partition coefficient (Wildman–Crippen LogP) is -2.33. The molecule has 0 saturated heterocycles. The molecule has 11 N–H and O–H groups in total. The van der Waals surface area contributed by atoms with Crippen LogP contribution in [-0.2, 0) is 24.0 Å². The summed E-state index contributed by atoms with van der Waals surface area (Å²) >= 11 is 0. The molecule has 4 amide bonds. The summed E-state index contributed by atoms with van der Waals surface area (Å²) in [5.74, 6) is -4.54. The summed E-state index contributed by atoms with van der Waals surface area (Å²) in [4.78, 5) is 60.5. The van der Waals surface area contributed by atoms with Crippen LogP contribution in [0.5, 0.6) is 0 Å². The maximum atomic E-state index is 13.0. The lowest BCUT2D eigenvalue weighted by Gasteiger charge is -2.29. The summed E-state index contributed by atoms with van der Waals surface area (Å²) in [6, 6.07) is -4.85. The fourth-order valence-electron chi connectivity index (χ4n) is 3.05. The van der Waals surface area contributed by atoms with Gasteiger partial charge in [0.1, 0.15) is 18.1 Å². The van der Waals surface area contributed by atoms with Crippen molar-refractivity contribution in [2.45, 2.75) is 89.6 Å². The van der Waals surface area contributed by atoms with Crippen molar-refractivity contribution in [2.75, 3.05) is 6.54 Å². The number of unbranched alkanes of at least 4 members (excludes halogenated alkanes) is 1. The molecule has 0 saturated carbocycles. The molecule has 0 spiro atoms. The molecule has 0 aliphatic carbocycles. The topological polar surface area (TPSA) is 240 Å². The Kier molecular flexibility index (Phi) is 14.7. The molecule has 0 aromatic heterocycles. The maximum Gasteiger partial charge on any atom is 0.326 e. The molecule has 0 radical (unpaired) electrons. The first-order valence-electron chi connectivity index (χ1n) is 11.4. The van der Waals surface area contributed by atoms with Crippen LogP contribution in [0.3, 0.4) is 0 Å². The number of primary amides is 1. The van der Waals surface area contributed by atoms with Gasteiger partial charge in [0.25, 0.3) is 0 Å². The van der Waals surface area contributed by atoms with Crippen LogP contribution < -0.4 is 33.2 Å². The summed E-state index contributed by atoms with van der Waals surface area (Å²) in [5.41, 5.74) is 16.2. The van der Waals surface area contributed by atoms with Crippen LogP contribution >= 0.6 is 0 Å². The fraction of sp³-hybridized carbons (Fsp3) is 0.762. The van der Waals surface area contributed by atoms with Gasteiger partial charge in [-0.15, -0.1) is 0 Å². The molecule has 13 nitrogen and oxygen atoms in total. The number of hydrogen-bond acceptors (Lipinski definition) is 8. The molecule has 0 aliphatic heterocycles. The van der Waals surface area contributed by atoms with E-state index in [0.717, 1.165) is 0 Å². The lowest BCUT2D eigenvalue weighted by Crippen LogP contribution is -2.61. The second-order valence-corrected chi connectivity index (χ2v) is 8.39. The molecule has 6 atom stereocenters. The number of carboxylic acid groups (broad SMARTS) is 1. The third-order valence-electron chi connectivity index (χ3n) is 5.46. The Hall–Kier alpha value is -2.77. The molecule has 34 heavy (non-hydrogen) atoms. The number of carbonyl (C=O) groups excluding carboxylic acids is 4. The van der Waals surface area contributed by atoms with E-state index in [1.807, 2.05) is 0 Å². The smallest absolute Gasteiger partial charge is 0.326 e. The molecule has 0 aromatic rings. The van der Waals surface area contributed by atoms with Gasteiger partial charge in [-0.3, -0.25) is 19.2 Å². The van der Waals surface area contributed by atoms with Gasteiger partial charge in [0, 0.05) is 6.42 Å². The van der Waals surface area contributed by atoms with Crippen LogP contribution in [0.25, 0.3) is 0 Å². The molecule has 0 bridgehead atoms. The number of amides is 4. The van der Waals surface area contributed by atoms with Gasteiger partial charge < -0.3 is 43.4 Å². The minimum atomic E-state index is -1.46. The van der Waals surface area contributed by atoms with E-state index in [-0.39, 0.29) is 25.2 Å². The first kappa shape index (κ1) is 31.2. The molecule has 196 valence electrons. The minimum absolute atomic E-state index is 0.00451. The number of carboxylic acids is 1. The molecule has 6 unspecified atom stereocenters. The standard InChI is InChI=1S/C21H40N6O7/c1-4-11(2)16(26-18(30)13(23)8-9-15(24)29)19(31)27-17(12(3)28)20(32)25-14(21(33)34)7-5-6-10-22/h11-14,16-17,28H,4-10,22-23H2,1-3H3,(H2,24,29)(H,25,32)(H,26,30)(H,27,31)(H,33,34). The molecule has 0 aliphatic rings. The highest BCUT2D eigenvalue weighted by molar-refractivity contribution is 5.94. The van der Waals surface area contributed by atoms with Crippen LogP contribution in [0, 0.1) is 5.92 Å². The van der Waals surface area contributed by atoms with Gasteiger partial charge >= 0.3 is 5.97 Å². The second-order valence-electron chi connectivity index (χ2n) is 8.39. The van der Waals surface area contributed by atoms with E-state index >= 15 is 0 Å². The summed E-state index contributed by atoms with van der Waals surface area (Å²) in [5, 5.41) is 26.7. The van der Waals surface area contributed by atoms with Gasteiger partial charge in [-0.2, -0.15) is 0 Å². The van der Waals surface area contributed by atoms with Crippen LogP contribution in [0.15, 0.2) is 0 Å². The van der Waals surface area contributed by atoms with E-state index in [2.05, 4.69) is 16.0 Å². The van der Waals surface area contributed by atoms with Gasteiger partial charge in [0.05, 0.1) is 12.1 Å². The average Bonchev–Trinajstić information content (AvgIpc) is 2.77. The Labute approximate surface area is 199 Å². The monoisotopic (exact) mass is 488 g/mol. The molecule has 0 rings (SSSR count). The molecular weight excluding hydrogens is 448 g/mol. The Morgan fingerprint density at radius 1 is 0.882 bits per heavy atom. The Balaban J connectivity index is 5.39. The SMILES string of the molecule is CCC(C)C(NC(=O)C(N)CCC(N)=O)C(=O)NC(C(=O)NC(CCCCN)C(=O)O)C(C)O. The van der Waals surface area contributed by atoms with E-state index in [1.54, 1.807) is 13.8 Å². The summed E-state index contributed by atoms with van der Waals surface area (Å²) in [6.07, 6.45) is 0.209.